The Morgan fingerprint density at radius 1 is 0.958 bits per heavy atom. The van der Waals surface area contributed by atoms with Crippen LogP contribution in [0.25, 0.3) is 0 Å². The molecule has 8 heteroatoms. The summed E-state index contributed by atoms with van der Waals surface area (Å²) in [5.74, 6) is -1.31. The van der Waals surface area contributed by atoms with Crippen LogP contribution in [0.1, 0.15) is 19.8 Å². The molecule has 0 aromatic carbocycles. The van der Waals surface area contributed by atoms with Gasteiger partial charge in [0.1, 0.15) is 18.3 Å². The number of nitrogens with one attached hydrogen (secondary N) is 1. The molecule has 9 atom stereocenters. The number of rotatable bonds is 5. The molecule has 8 nitrogen and oxygen atoms in total. The molecular formula is C16H29NO7. The first-order valence-corrected chi connectivity index (χ1v) is 8.44. The van der Waals surface area contributed by atoms with Gasteiger partial charge in [0.05, 0.1) is 24.9 Å². The van der Waals surface area contributed by atoms with E-state index in [2.05, 4.69) is 5.32 Å². The van der Waals surface area contributed by atoms with Crippen LogP contribution in [0.5, 0.6) is 0 Å². The molecule has 9 unspecified atom stereocenters. The van der Waals surface area contributed by atoms with Crippen LogP contribution in [0.15, 0.2) is 11.6 Å². The van der Waals surface area contributed by atoms with Crippen LogP contribution >= 0.6 is 0 Å². The van der Waals surface area contributed by atoms with Crippen LogP contribution < -0.4 is 5.32 Å². The van der Waals surface area contributed by atoms with Crippen LogP contribution in [0.3, 0.4) is 0 Å². The maximum atomic E-state index is 10.4. The molecule has 0 saturated heterocycles. The molecule has 0 bridgehead atoms. The van der Waals surface area contributed by atoms with Gasteiger partial charge in [0.15, 0.2) is 0 Å². The molecule has 2 rings (SSSR count). The largest absolute Gasteiger partial charge is 0.396 e. The monoisotopic (exact) mass is 347 g/mol. The standard InChI is InChI=1S/C16H29NO7/c1-2-7-3-11(15(23)16(24)13(7)21)17-10-4-8(5-18)12(20)9(6-19)14(10)22/h3,8-24H,2,4-6H2,1H3. The second-order valence-electron chi connectivity index (χ2n) is 6.83. The molecule has 0 spiro atoms. The Hall–Kier alpha value is -0.580. The van der Waals surface area contributed by atoms with E-state index < -0.39 is 61.0 Å². The average molecular weight is 347 g/mol. The second kappa shape index (κ2) is 8.20. The molecule has 0 amide bonds. The Morgan fingerprint density at radius 2 is 1.62 bits per heavy atom. The third kappa shape index (κ3) is 3.66. The van der Waals surface area contributed by atoms with E-state index in [4.69, 9.17) is 0 Å². The summed E-state index contributed by atoms with van der Waals surface area (Å²) in [6, 6.07) is -1.27. The summed E-state index contributed by atoms with van der Waals surface area (Å²) in [5, 5.41) is 72.4. The molecule has 1 fully saturated rings. The maximum absolute atomic E-state index is 10.4. The number of hydrogen-bond acceptors (Lipinski definition) is 8. The molecule has 2 aliphatic carbocycles. The molecule has 0 aromatic rings. The second-order valence-corrected chi connectivity index (χ2v) is 6.83. The fourth-order valence-corrected chi connectivity index (χ4v) is 3.79. The van der Waals surface area contributed by atoms with E-state index in [1.165, 1.54) is 0 Å². The molecular weight excluding hydrogens is 318 g/mol. The summed E-state index contributed by atoms with van der Waals surface area (Å²) in [6.45, 7) is 1.11. The Kier molecular flexibility index (Phi) is 6.74. The fraction of sp³-hybridized carbons (Fsp3) is 0.875. The van der Waals surface area contributed by atoms with Crippen molar-refractivity contribution in [1.82, 2.24) is 5.32 Å². The predicted octanol–water partition coefficient (Wildman–Crippen LogP) is -2.91. The van der Waals surface area contributed by atoms with Crippen LogP contribution in [0.2, 0.25) is 0 Å². The SMILES string of the molecule is CCC1=CC(NC2CC(CO)C(O)C(CO)C2O)C(O)C(O)C1O. The van der Waals surface area contributed by atoms with Gasteiger partial charge in [0.2, 0.25) is 0 Å². The lowest BCUT2D eigenvalue weighted by atomic mass is 9.74. The van der Waals surface area contributed by atoms with Gasteiger partial charge in [-0.25, -0.2) is 0 Å². The van der Waals surface area contributed by atoms with Crippen molar-refractivity contribution >= 4 is 0 Å². The van der Waals surface area contributed by atoms with Gasteiger partial charge in [0.25, 0.3) is 0 Å². The normalized spacial score (nSPS) is 46.7. The lowest BCUT2D eigenvalue weighted by Crippen LogP contribution is -2.62. The fourth-order valence-electron chi connectivity index (χ4n) is 3.79. The van der Waals surface area contributed by atoms with E-state index in [-0.39, 0.29) is 13.0 Å². The van der Waals surface area contributed by atoms with Crippen LogP contribution in [-0.4, -0.2) is 91.6 Å². The highest BCUT2D eigenvalue weighted by Gasteiger charge is 2.45. The van der Waals surface area contributed by atoms with Gasteiger partial charge in [-0.2, -0.15) is 0 Å². The molecule has 24 heavy (non-hydrogen) atoms. The molecule has 140 valence electrons. The molecule has 0 aromatic heterocycles. The quantitative estimate of drug-likeness (QED) is 0.246. The van der Waals surface area contributed by atoms with Crippen LogP contribution in [0, 0.1) is 11.8 Å². The summed E-state index contributed by atoms with van der Waals surface area (Å²) >= 11 is 0. The number of hydrogen-bond donors (Lipinski definition) is 8. The van der Waals surface area contributed by atoms with Crippen molar-refractivity contribution in [2.24, 2.45) is 11.8 Å². The third-order valence-corrected chi connectivity index (χ3v) is 5.40. The minimum absolute atomic E-state index is 0.256. The van der Waals surface area contributed by atoms with Crippen molar-refractivity contribution in [3.05, 3.63) is 11.6 Å². The van der Waals surface area contributed by atoms with Crippen LogP contribution in [0.4, 0.5) is 0 Å². The van der Waals surface area contributed by atoms with E-state index >= 15 is 0 Å². The van der Waals surface area contributed by atoms with E-state index in [1.807, 2.05) is 6.92 Å². The summed E-state index contributed by atoms with van der Waals surface area (Å²) in [6.07, 6.45) is -3.40. The van der Waals surface area contributed by atoms with E-state index in [1.54, 1.807) is 6.08 Å². The zero-order valence-electron chi connectivity index (χ0n) is 13.7. The van der Waals surface area contributed by atoms with Gasteiger partial charge >= 0.3 is 0 Å². The van der Waals surface area contributed by atoms with Gasteiger partial charge in [-0.05, 0) is 18.4 Å². The first-order chi connectivity index (χ1) is 11.3. The van der Waals surface area contributed by atoms with Gasteiger partial charge in [-0.1, -0.05) is 13.0 Å². The van der Waals surface area contributed by atoms with E-state index in [0.717, 1.165) is 0 Å². The first kappa shape index (κ1) is 19.7. The van der Waals surface area contributed by atoms with Crippen molar-refractivity contribution in [3.8, 4) is 0 Å². The molecule has 0 aliphatic heterocycles. The highest BCUT2D eigenvalue weighted by molar-refractivity contribution is 5.21. The lowest BCUT2D eigenvalue weighted by molar-refractivity contribution is -0.109. The lowest BCUT2D eigenvalue weighted by Gasteiger charge is -2.44. The first-order valence-electron chi connectivity index (χ1n) is 8.44. The summed E-state index contributed by atoms with van der Waals surface area (Å²) in [5.41, 5.74) is 0.591. The van der Waals surface area contributed by atoms with E-state index in [9.17, 15) is 35.7 Å². The highest BCUT2D eigenvalue weighted by Crippen LogP contribution is 2.31. The van der Waals surface area contributed by atoms with Crippen molar-refractivity contribution in [2.45, 2.75) is 62.4 Å². The smallest absolute Gasteiger partial charge is 0.111 e. The van der Waals surface area contributed by atoms with Crippen molar-refractivity contribution in [1.29, 1.82) is 0 Å². The predicted molar refractivity (Wildman–Crippen MR) is 84.9 cm³/mol. The Morgan fingerprint density at radius 3 is 2.17 bits per heavy atom. The minimum Gasteiger partial charge on any atom is -0.396 e. The molecule has 8 N–H and O–H groups in total. The van der Waals surface area contributed by atoms with Gasteiger partial charge < -0.3 is 41.1 Å². The number of aliphatic hydroxyl groups excluding tert-OH is 7. The van der Waals surface area contributed by atoms with Crippen molar-refractivity contribution in [3.63, 3.8) is 0 Å². The van der Waals surface area contributed by atoms with Crippen LogP contribution in [-0.2, 0) is 0 Å². The van der Waals surface area contributed by atoms with Crippen molar-refractivity contribution < 1.29 is 35.7 Å². The summed E-state index contributed by atoms with van der Waals surface area (Å²) < 4.78 is 0. The number of aliphatic hydroxyl groups is 7. The molecule has 2 aliphatic rings. The summed E-state index contributed by atoms with van der Waals surface area (Å²) in [4.78, 5) is 0. The molecule has 1 saturated carbocycles. The zero-order valence-corrected chi connectivity index (χ0v) is 13.7. The molecule has 0 heterocycles. The van der Waals surface area contributed by atoms with E-state index in [0.29, 0.717) is 12.0 Å². The third-order valence-electron chi connectivity index (χ3n) is 5.40. The summed E-state index contributed by atoms with van der Waals surface area (Å²) in [7, 11) is 0. The Labute approximate surface area is 141 Å². The average Bonchev–Trinajstić information content (AvgIpc) is 2.58. The Bertz CT molecular complexity index is 446. The van der Waals surface area contributed by atoms with Gasteiger partial charge in [-0.15, -0.1) is 0 Å². The maximum Gasteiger partial charge on any atom is 0.111 e. The van der Waals surface area contributed by atoms with Gasteiger partial charge in [-0.3, -0.25) is 0 Å². The van der Waals surface area contributed by atoms with Gasteiger partial charge in [0, 0.05) is 24.5 Å². The zero-order chi connectivity index (χ0) is 18.0. The molecule has 0 radical (unpaired) electrons. The topological polar surface area (TPSA) is 154 Å². The highest BCUT2D eigenvalue weighted by atomic mass is 16.4. The Balaban J connectivity index is 2.17. The minimum atomic E-state index is -1.34. The van der Waals surface area contributed by atoms with Crippen molar-refractivity contribution in [2.75, 3.05) is 13.2 Å².